The van der Waals surface area contributed by atoms with Crippen molar-refractivity contribution in [3.63, 3.8) is 0 Å². The van der Waals surface area contributed by atoms with E-state index in [1.807, 2.05) is 26.8 Å². The lowest BCUT2D eigenvalue weighted by Crippen LogP contribution is -2.46. The predicted molar refractivity (Wildman–Crippen MR) is 137 cm³/mol. The molecule has 0 radical (unpaired) electrons. The Balaban J connectivity index is 0.000000330. The zero-order chi connectivity index (χ0) is 24.0. The molecule has 0 amide bonds. The molecular formula is C27H47N3O2. The largest absolute Gasteiger partial charge is 0.481 e. The maximum atomic E-state index is 11.2. The van der Waals surface area contributed by atoms with E-state index in [0.717, 1.165) is 19.0 Å². The van der Waals surface area contributed by atoms with Gasteiger partial charge in [-0.1, -0.05) is 56.3 Å². The average molecular weight is 446 g/mol. The summed E-state index contributed by atoms with van der Waals surface area (Å²) in [5.41, 5.74) is 5.47. The van der Waals surface area contributed by atoms with Crippen LogP contribution in [0.25, 0.3) is 6.08 Å². The fourth-order valence-corrected chi connectivity index (χ4v) is 3.90. The van der Waals surface area contributed by atoms with Crippen LogP contribution in [0, 0.1) is 5.41 Å². The molecule has 32 heavy (non-hydrogen) atoms. The average Bonchev–Trinajstić information content (AvgIpc) is 3.58. The molecule has 2 aliphatic rings. The molecule has 1 aromatic rings. The normalized spacial score (nSPS) is 20.8. The lowest BCUT2D eigenvalue weighted by atomic mass is 9.87. The summed E-state index contributed by atoms with van der Waals surface area (Å²) in [5, 5.41) is 12.9. The van der Waals surface area contributed by atoms with Gasteiger partial charge in [-0.25, -0.2) is 0 Å². The van der Waals surface area contributed by atoms with Crippen molar-refractivity contribution >= 4 is 12.0 Å². The van der Waals surface area contributed by atoms with Gasteiger partial charge in [-0.3, -0.25) is 4.79 Å². The van der Waals surface area contributed by atoms with Crippen molar-refractivity contribution in [3.05, 3.63) is 42.0 Å². The fraction of sp³-hybridized carbons (Fsp3) is 0.667. The molecule has 5 heteroatoms. The molecule has 4 N–H and O–H groups in total. The van der Waals surface area contributed by atoms with Crippen molar-refractivity contribution in [1.82, 2.24) is 10.2 Å². The Morgan fingerprint density at radius 3 is 2.03 bits per heavy atom. The number of nitrogens with zero attached hydrogens (tertiary/aromatic N) is 1. The summed E-state index contributed by atoms with van der Waals surface area (Å²) in [6.07, 6.45) is 13.0. The number of hydrogen-bond donors (Lipinski definition) is 3. The van der Waals surface area contributed by atoms with Gasteiger partial charge in [0.15, 0.2) is 0 Å². The summed E-state index contributed by atoms with van der Waals surface area (Å²) in [4.78, 5) is 13.4. The number of rotatable bonds is 8. The van der Waals surface area contributed by atoms with Gasteiger partial charge >= 0.3 is 5.97 Å². The Bertz CT molecular complexity index is 648. The molecule has 0 unspecified atom stereocenters. The van der Waals surface area contributed by atoms with Crippen LogP contribution in [0.1, 0.15) is 78.2 Å². The highest BCUT2D eigenvalue weighted by molar-refractivity contribution is 5.73. The molecule has 0 spiro atoms. The molecule has 0 atom stereocenters. The summed E-state index contributed by atoms with van der Waals surface area (Å²) in [6, 6.07) is 12.4. The van der Waals surface area contributed by atoms with Gasteiger partial charge < -0.3 is 21.1 Å². The topological polar surface area (TPSA) is 78.6 Å². The van der Waals surface area contributed by atoms with Crippen LogP contribution in [0.15, 0.2) is 36.4 Å². The van der Waals surface area contributed by atoms with Crippen LogP contribution in [-0.4, -0.2) is 54.2 Å². The molecule has 0 aromatic heterocycles. The van der Waals surface area contributed by atoms with Gasteiger partial charge in [-0.05, 0) is 77.9 Å². The SMILES string of the molecule is CC/C=C\c1ccccc1.CCN.CN(CC(C)(C)C(=O)O)C1CCC(NC2CC2)CC1. The van der Waals surface area contributed by atoms with Crippen molar-refractivity contribution in [2.45, 2.75) is 90.8 Å². The number of carbonyl (C=O) groups is 1. The third-order valence-corrected chi connectivity index (χ3v) is 5.94. The molecule has 182 valence electrons. The summed E-state index contributed by atoms with van der Waals surface area (Å²) in [6.45, 7) is 9.05. The number of carboxylic acid groups (broad SMARTS) is 1. The molecule has 3 rings (SSSR count). The van der Waals surface area contributed by atoms with Gasteiger partial charge in [0.2, 0.25) is 0 Å². The van der Waals surface area contributed by atoms with Crippen molar-refractivity contribution in [1.29, 1.82) is 0 Å². The van der Waals surface area contributed by atoms with Crippen molar-refractivity contribution in [2.75, 3.05) is 20.1 Å². The van der Waals surface area contributed by atoms with Crippen LogP contribution >= 0.6 is 0 Å². The predicted octanol–water partition coefficient (Wildman–Crippen LogP) is 5.17. The number of aliphatic carboxylic acids is 1. The van der Waals surface area contributed by atoms with E-state index in [1.54, 1.807) is 0 Å². The number of hydrogen-bond acceptors (Lipinski definition) is 4. The summed E-state index contributed by atoms with van der Waals surface area (Å²) in [7, 11) is 2.07. The molecule has 0 bridgehead atoms. The Kier molecular flexibility index (Phi) is 13.5. The Labute approximate surface area is 196 Å². The highest BCUT2D eigenvalue weighted by atomic mass is 16.4. The highest BCUT2D eigenvalue weighted by Crippen LogP contribution is 2.28. The number of nitrogens with one attached hydrogen (secondary N) is 1. The van der Waals surface area contributed by atoms with Gasteiger partial charge in [0, 0.05) is 24.7 Å². The van der Waals surface area contributed by atoms with Crippen LogP contribution in [0.3, 0.4) is 0 Å². The number of nitrogens with two attached hydrogens (primary N) is 1. The first kappa shape index (κ1) is 28.3. The molecule has 1 aromatic carbocycles. The van der Waals surface area contributed by atoms with E-state index in [0.29, 0.717) is 18.6 Å². The second-order valence-corrected chi connectivity index (χ2v) is 9.68. The van der Waals surface area contributed by atoms with Crippen LogP contribution < -0.4 is 11.1 Å². The minimum Gasteiger partial charge on any atom is -0.481 e. The van der Waals surface area contributed by atoms with Crippen LogP contribution in [0.5, 0.6) is 0 Å². The Hall–Kier alpha value is -1.69. The summed E-state index contributed by atoms with van der Waals surface area (Å²) < 4.78 is 0. The first-order valence-electron chi connectivity index (χ1n) is 12.3. The van der Waals surface area contributed by atoms with Crippen molar-refractivity contribution in [3.8, 4) is 0 Å². The summed E-state index contributed by atoms with van der Waals surface area (Å²) in [5.74, 6) is -0.705. The van der Waals surface area contributed by atoms with Gasteiger partial charge in [0.25, 0.3) is 0 Å². The van der Waals surface area contributed by atoms with Crippen molar-refractivity contribution < 1.29 is 9.90 Å². The monoisotopic (exact) mass is 445 g/mol. The second kappa shape index (κ2) is 15.2. The quantitative estimate of drug-likeness (QED) is 0.515. The second-order valence-electron chi connectivity index (χ2n) is 9.68. The van der Waals surface area contributed by atoms with Gasteiger partial charge in [-0.2, -0.15) is 0 Å². The van der Waals surface area contributed by atoms with Gasteiger partial charge in [0.05, 0.1) is 5.41 Å². The van der Waals surface area contributed by atoms with E-state index in [2.05, 4.69) is 60.6 Å². The number of benzene rings is 1. The Morgan fingerprint density at radius 2 is 1.59 bits per heavy atom. The number of allylic oxidation sites excluding steroid dienone is 1. The minimum atomic E-state index is -0.705. The molecule has 2 fully saturated rings. The first-order chi connectivity index (χ1) is 15.2. The molecule has 5 nitrogen and oxygen atoms in total. The van der Waals surface area contributed by atoms with E-state index in [9.17, 15) is 9.90 Å². The molecule has 0 aliphatic heterocycles. The lowest BCUT2D eigenvalue weighted by Gasteiger charge is -2.37. The molecule has 0 heterocycles. The molecule has 2 saturated carbocycles. The lowest BCUT2D eigenvalue weighted by molar-refractivity contribution is -0.148. The molecular weight excluding hydrogens is 398 g/mol. The zero-order valence-corrected chi connectivity index (χ0v) is 21.0. The molecule has 2 aliphatic carbocycles. The van der Waals surface area contributed by atoms with Gasteiger partial charge in [-0.15, -0.1) is 0 Å². The standard InChI is InChI=1S/C15H28N2O2.C10H12.C2H7N/c1-15(2,14(18)19)10-17(3)13-8-6-12(7-9-13)16-11-4-5-11;1-2-3-7-10-8-5-4-6-9-10;1-2-3/h11-13,16H,4-10H2,1-3H3,(H,18,19);3-9H,2H2,1H3;2-3H2,1H3/b;7-3-;. The number of carboxylic acids is 1. The van der Waals surface area contributed by atoms with Gasteiger partial charge in [0.1, 0.15) is 0 Å². The van der Waals surface area contributed by atoms with E-state index in [1.165, 1.54) is 44.1 Å². The van der Waals surface area contributed by atoms with Crippen LogP contribution in [0.2, 0.25) is 0 Å². The minimum absolute atomic E-state index is 0.552. The maximum absolute atomic E-state index is 11.2. The maximum Gasteiger partial charge on any atom is 0.310 e. The van der Waals surface area contributed by atoms with Crippen LogP contribution in [-0.2, 0) is 4.79 Å². The Morgan fingerprint density at radius 1 is 1.09 bits per heavy atom. The summed E-state index contributed by atoms with van der Waals surface area (Å²) >= 11 is 0. The van der Waals surface area contributed by atoms with Crippen LogP contribution in [0.4, 0.5) is 0 Å². The van der Waals surface area contributed by atoms with E-state index in [-0.39, 0.29) is 0 Å². The third kappa shape index (κ3) is 11.8. The van der Waals surface area contributed by atoms with E-state index in [4.69, 9.17) is 5.73 Å². The fourth-order valence-electron chi connectivity index (χ4n) is 3.90. The highest BCUT2D eigenvalue weighted by Gasteiger charge is 2.33. The van der Waals surface area contributed by atoms with E-state index >= 15 is 0 Å². The third-order valence-electron chi connectivity index (χ3n) is 5.94. The smallest absolute Gasteiger partial charge is 0.310 e. The zero-order valence-electron chi connectivity index (χ0n) is 21.0. The van der Waals surface area contributed by atoms with Crippen molar-refractivity contribution in [2.24, 2.45) is 11.1 Å². The molecule has 0 saturated heterocycles. The van der Waals surface area contributed by atoms with E-state index < -0.39 is 11.4 Å². The first-order valence-corrected chi connectivity index (χ1v) is 12.3.